The summed E-state index contributed by atoms with van der Waals surface area (Å²) in [5.74, 6) is 1.13. The third-order valence-electron chi connectivity index (χ3n) is 13.2. The molecule has 3 aromatic carbocycles. The zero-order valence-corrected chi connectivity index (χ0v) is 35.7. The maximum atomic E-state index is 12.9. The summed E-state index contributed by atoms with van der Waals surface area (Å²) in [6.07, 6.45) is 10.7. The highest BCUT2D eigenvalue weighted by Crippen LogP contribution is 2.35. The molecule has 3 saturated heterocycles. The molecule has 4 fully saturated rings. The fourth-order valence-corrected chi connectivity index (χ4v) is 9.44. The number of imidazole rings is 1. The highest BCUT2D eigenvalue weighted by atomic mass is 16.5. The van der Waals surface area contributed by atoms with E-state index in [9.17, 15) is 19.2 Å². The van der Waals surface area contributed by atoms with Gasteiger partial charge in [-0.15, -0.1) is 0 Å². The Bertz CT molecular complexity index is 2370. The molecule has 2 aromatic heterocycles. The van der Waals surface area contributed by atoms with Crippen LogP contribution in [0.1, 0.15) is 74.5 Å². The summed E-state index contributed by atoms with van der Waals surface area (Å²) in [6.45, 7) is 6.68. The number of piperidine rings is 2. The third-order valence-corrected chi connectivity index (χ3v) is 13.2. The zero-order valence-electron chi connectivity index (χ0n) is 35.7. The zero-order chi connectivity index (χ0) is 43.1. The van der Waals surface area contributed by atoms with Gasteiger partial charge in [-0.05, 0) is 105 Å². The van der Waals surface area contributed by atoms with Gasteiger partial charge in [0, 0.05) is 69.1 Å². The normalized spacial score (nSPS) is 20.9. The molecule has 4 aliphatic rings. The number of nitrogens with one attached hydrogen (secondary N) is 3. The molecule has 4 amide bonds. The Balaban J connectivity index is 0.656. The van der Waals surface area contributed by atoms with Crippen LogP contribution in [0.4, 0.5) is 17.2 Å². The number of imide groups is 1. The number of benzene rings is 3. The Labute approximate surface area is 367 Å². The van der Waals surface area contributed by atoms with E-state index < -0.39 is 0 Å². The molecule has 1 atom stereocenters. The molecular weight excluding hydrogens is 797 g/mol. The van der Waals surface area contributed by atoms with Crippen LogP contribution in [0, 0.1) is 5.92 Å². The molecule has 1 saturated carbocycles. The molecule has 0 radical (unpaired) electrons. The van der Waals surface area contributed by atoms with Gasteiger partial charge in [-0.3, -0.25) is 29.4 Å². The van der Waals surface area contributed by atoms with Gasteiger partial charge in [0.1, 0.15) is 12.1 Å². The van der Waals surface area contributed by atoms with Crippen LogP contribution in [0.2, 0.25) is 0 Å². The predicted octanol–water partition coefficient (Wildman–Crippen LogP) is 5.37. The largest absolute Gasteiger partial charge is 0.484 e. The predicted molar refractivity (Wildman–Crippen MR) is 240 cm³/mol. The van der Waals surface area contributed by atoms with Gasteiger partial charge in [0.25, 0.3) is 5.91 Å². The molecule has 9 rings (SSSR count). The fourth-order valence-electron chi connectivity index (χ4n) is 9.44. The molecule has 1 unspecified atom stereocenters. The van der Waals surface area contributed by atoms with Crippen molar-refractivity contribution in [3.8, 4) is 5.75 Å². The summed E-state index contributed by atoms with van der Waals surface area (Å²) in [7, 11) is 0. The molecule has 1 aliphatic carbocycles. The standard InChI is InChI=1S/C48H56N10O5/c59-42-17-16-41(48(62)54-42)35-8-14-40(15-9-35)63-30-44(61)57-21-18-33(19-22-57)7-4-20-55-23-25-56(26-24-55)38-12-10-36(11-13-38)53-46-45-47(50-31-49-46)58(32-51-45)39-28-37(29-39)52-43(60)27-34-5-2-1-3-6-34/h1-3,5-6,8-15,31-33,37,39,41H,4,7,16-30H2,(H,52,60)(H,49,50,53)(H,54,59,62). The topological polar surface area (TPSA) is 167 Å². The number of hydrogen-bond donors (Lipinski definition) is 3. The fraction of sp³-hybridized carbons (Fsp3) is 0.438. The minimum Gasteiger partial charge on any atom is -0.484 e. The van der Waals surface area contributed by atoms with Crippen molar-refractivity contribution < 1.29 is 23.9 Å². The summed E-state index contributed by atoms with van der Waals surface area (Å²) < 4.78 is 7.91. The molecule has 0 bridgehead atoms. The van der Waals surface area contributed by atoms with Crippen molar-refractivity contribution in [1.82, 2.24) is 40.0 Å². The van der Waals surface area contributed by atoms with Crippen molar-refractivity contribution >= 4 is 52.0 Å². The Morgan fingerprint density at radius 2 is 1.59 bits per heavy atom. The van der Waals surface area contributed by atoms with E-state index in [1.54, 1.807) is 18.5 Å². The van der Waals surface area contributed by atoms with E-state index in [-0.39, 0.29) is 48.2 Å². The molecular formula is C48H56N10O5. The van der Waals surface area contributed by atoms with Crippen molar-refractivity contribution in [2.24, 2.45) is 5.92 Å². The van der Waals surface area contributed by atoms with Gasteiger partial charge < -0.3 is 29.7 Å². The van der Waals surface area contributed by atoms with Crippen LogP contribution >= 0.6 is 0 Å². The van der Waals surface area contributed by atoms with Gasteiger partial charge in [0.2, 0.25) is 17.7 Å². The van der Waals surface area contributed by atoms with Gasteiger partial charge in [-0.2, -0.15) is 0 Å². The van der Waals surface area contributed by atoms with E-state index in [1.807, 2.05) is 53.7 Å². The number of rotatable bonds is 15. The van der Waals surface area contributed by atoms with Gasteiger partial charge >= 0.3 is 0 Å². The summed E-state index contributed by atoms with van der Waals surface area (Å²) in [6, 6.07) is 26.0. The smallest absolute Gasteiger partial charge is 0.260 e. The van der Waals surface area contributed by atoms with Crippen molar-refractivity contribution in [1.29, 1.82) is 0 Å². The van der Waals surface area contributed by atoms with Crippen LogP contribution in [0.15, 0.2) is 91.5 Å². The Morgan fingerprint density at radius 1 is 0.825 bits per heavy atom. The SMILES string of the molecule is O=C1CCC(c2ccc(OCC(=O)N3CCC(CCCN4CCN(c5ccc(Nc6ncnc7c6ncn7C6CC(NC(=O)Cc7ccccc7)C6)cc5)CC4)CC3)cc2)C(=O)N1. The summed E-state index contributed by atoms with van der Waals surface area (Å²) in [4.78, 5) is 69.9. The summed E-state index contributed by atoms with van der Waals surface area (Å²) in [5, 5.41) is 9.03. The van der Waals surface area contributed by atoms with E-state index in [0.29, 0.717) is 36.7 Å². The molecule has 5 heterocycles. The van der Waals surface area contributed by atoms with Crippen LogP contribution in [-0.2, 0) is 25.6 Å². The number of anilines is 3. The van der Waals surface area contributed by atoms with Crippen molar-refractivity contribution in [3.63, 3.8) is 0 Å². The number of likely N-dealkylation sites (tertiary alicyclic amines) is 1. The number of ether oxygens (including phenoxy) is 1. The lowest BCUT2D eigenvalue weighted by atomic mass is 9.86. The highest BCUT2D eigenvalue weighted by Gasteiger charge is 2.33. The lowest BCUT2D eigenvalue weighted by Crippen LogP contribution is -2.46. The molecule has 63 heavy (non-hydrogen) atoms. The molecule has 0 spiro atoms. The molecule has 15 nitrogen and oxygen atoms in total. The number of piperazine rings is 1. The summed E-state index contributed by atoms with van der Waals surface area (Å²) >= 11 is 0. The summed E-state index contributed by atoms with van der Waals surface area (Å²) in [5.41, 5.74) is 5.53. The van der Waals surface area contributed by atoms with E-state index >= 15 is 0 Å². The number of hydrogen-bond acceptors (Lipinski definition) is 11. The van der Waals surface area contributed by atoms with Crippen LogP contribution in [-0.4, -0.2) is 111 Å². The third kappa shape index (κ3) is 10.3. The number of aromatic nitrogens is 4. The average Bonchev–Trinajstić information content (AvgIpc) is 3.72. The number of fused-ring (bicyclic) bond motifs is 1. The van der Waals surface area contributed by atoms with Crippen LogP contribution in [0.25, 0.3) is 11.2 Å². The quantitative estimate of drug-likeness (QED) is 0.116. The second-order valence-corrected chi connectivity index (χ2v) is 17.4. The van der Waals surface area contributed by atoms with E-state index in [0.717, 1.165) is 99.5 Å². The average molecular weight is 853 g/mol. The maximum Gasteiger partial charge on any atom is 0.260 e. The van der Waals surface area contributed by atoms with Crippen LogP contribution < -0.4 is 25.6 Å². The number of amides is 4. The van der Waals surface area contributed by atoms with Gasteiger partial charge in [-0.1, -0.05) is 42.5 Å². The molecule has 15 heteroatoms. The number of carbonyl (C=O) groups is 4. The van der Waals surface area contributed by atoms with Crippen LogP contribution in [0.5, 0.6) is 5.75 Å². The minimum atomic E-state index is -0.337. The van der Waals surface area contributed by atoms with Gasteiger partial charge in [-0.25, -0.2) is 15.0 Å². The minimum absolute atomic E-state index is 0.00243. The lowest BCUT2D eigenvalue weighted by molar-refractivity contribution is -0.135. The molecule has 3 aliphatic heterocycles. The van der Waals surface area contributed by atoms with Crippen molar-refractivity contribution in [2.75, 3.05) is 62.6 Å². The Hall–Kier alpha value is -6.35. The lowest BCUT2D eigenvalue weighted by Gasteiger charge is -2.37. The Kier molecular flexibility index (Phi) is 12.9. The number of nitrogens with zero attached hydrogens (tertiary/aromatic N) is 7. The first-order valence-corrected chi connectivity index (χ1v) is 22.5. The van der Waals surface area contributed by atoms with Crippen molar-refractivity contribution in [3.05, 3.63) is 103 Å². The first-order valence-electron chi connectivity index (χ1n) is 22.5. The van der Waals surface area contributed by atoms with E-state index in [1.165, 1.54) is 18.5 Å². The van der Waals surface area contributed by atoms with Crippen LogP contribution in [0.3, 0.4) is 0 Å². The van der Waals surface area contributed by atoms with Gasteiger partial charge in [0.15, 0.2) is 23.6 Å². The Morgan fingerprint density at radius 3 is 2.33 bits per heavy atom. The van der Waals surface area contributed by atoms with E-state index in [4.69, 9.17) is 4.74 Å². The first-order chi connectivity index (χ1) is 30.8. The van der Waals surface area contributed by atoms with E-state index in [2.05, 4.69) is 69.5 Å². The first kappa shape index (κ1) is 42.0. The maximum absolute atomic E-state index is 12.9. The van der Waals surface area contributed by atoms with Crippen molar-refractivity contribution in [2.45, 2.75) is 75.8 Å². The molecule has 3 N–H and O–H groups in total. The molecule has 328 valence electrons. The number of carbonyl (C=O) groups excluding carboxylic acids is 4. The second kappa shape index (κ2) is 19.4. The highest BCUT2D eigenvalue weighted by molar-refractivity contribution is 6.01. The molecule has 5 aromatic rings. The monoisotopic (exact) mass is 852 g/mol. The van der Waals surface area contributed by atoms with Gasteiger partial charge in [0.05, 0.1) is 18.7 Å². The second-order valence-electron chi connectivity index (χ2n) is 17.4.